The van der Waals surface area contributed by atoms with E-state index in [1.54, 1.807) is 18.2 Å². The van der Waals surface area contributed by atoms with E-state index in [1.807, 2.05) is 0 Å². The van der Waals surface area contributed by atoms with Gasteiger partial charge in [0.1, 0.15) is 0 Å². The first-order valence-electron chi connectivity index (χ1n) is 5.39. The zero-order valence-electron chi connectivity index (χ0n) is 9.14. The summed E-state index contributed by atoms with van der Waals surface area (Å²) in [6.45, 7) is 0.534. The Hall–Kier alpha value is -0.290. The zero-order valence-corrected chi connectivity index (χ0v) is 11.5. The number of nitrogens with zero attached hydrogens (tertiary/aromatic N) is 1. The van der Waals surface area contributed by atoms with E-state index < -0.39 is 10.0 Å². The molecule has 0 N–H and O–H groups in total. The van der Waals surface area contributed by atoms with Crippen LogP contribution in [-0.2, 0) is 10.0 Å². The highest BCUT2D eigenvalue weighted by Crippen LogP contribution is 2.27. The molecule has 1 aromatic rings. The standard InChI is InChI=1S/C11H13Cl2NO2S/c12-8-10-4-2-6-14(10)17(15,16)11-5-1-3-9(13)7-11/h1,3,5,7,10H,2,4,6,8H2. The van der Waals surface area contributed by atoms with Gasteiger partial charge in [-0.1, -0.05) is 17.7 Å². The molecule has 0 aromatic heterocycles. The van der Waals surface area contributed by atoms with Crippen LogP contribution in [0.25, 0.3) is 0 Å². The summed E-state index contributed by atoms with van der Waals surface area (Å²) in [5, 5.41) is 0.424. The smallest absolute Gasteiger partial charge is 0.207 e. The highest BCUT2D eigenvalue weighted by molar-refractivity contribution is 7.89. The molecular formula is C11H13Cl2NO2S. The van der Waals surface area contributed by atoms with Gasteiger partial charge in [-0.05, 0) is 31.0 Å². The van der Waals surface area contributed by atoms with Crippen molar-refractivity contribution >= 4 is 33.2 Å². The SMILES string of the molecule is O=S(=O)(c1cccc(Cl)c1)N1CCCC1CCl. The Morgan fingerprint density at radius 2 is 2.18 bits per heavy atom. The van der Waals surface area contributed by atoms with Crippen LogP contribution < -0.4 is 0 Å². The molecule has 1 aromatic carbocycles. The third kappa shape index (κ3) is 2.60. The highest BCUT2D eigenvalue weighted by Gasteiger charge is 2.34. The van der Waals surface area contributed by atoms with Crippen molar-refractivity contribution in [2.75, 3.05) is 12.4 Å². The van der Waals surface area contributed by atoms with Crippen LogP contribution in [0.5, 0.6) is 0 Å². The van der Waals surface area contributed by atoms with E-state index in [2.05, 4.69) is 0 Å². The van der Waals surface area contributed by atoms with Crippen molar-refractivity contribution in [2.45, 2.75) is 23.8 Å². The molecule has 1 aliphatic rings. The van der Waals surface area contributed by atoms with Gasteiger partial charge in [-0.3, -0.25) is 0 Å². The van der Waals surface area contributed by atoms with E-state index in [1.165, 1.54) is 10.4 Å². The van der Waals surface area contributed by atoms with E-state index in [9.17, 15) is 8.42 Å². The fourth-order valence-electron chi connectivity index (χ4n) is 2.04. The molecule has 1 fully saturated rings. The van der Waals surface area contributed by atoms with Gasteiger partial charge < -0.3 is 0 Å². The van der Waals surface area contributed by atoms with Gasteiger partial charge in [0.2, 0.25) is 10.0 Å². The molecule has 2 rings (SSSR count). The molecule has 0 amide bonds. The highest BCUT2D eigenvalue weighted by atomic mass is 35.5. The number of hydrogen-bond acceptors (Lipinski definition) is 2. The predicted octanol–water partition coefficient (Wildman–Crippen LogP) is 2.73. The molecule has 1 atom stereocenters. The normalized spacial score (nSPS) is 21.9. The van der Waals surface area contributed by atoms with Crippen molar-refractivity contribution in [2.24, 2.45) is 0 Å². The lowest BCUT2D eigenvalue weighted by atomic mass is 10.3. The Morgan fingerprint density at radius 1 is 1.41 bits per heavy atom. The van der Waals surface area contributed by atoms with Crippen LogP contribution in [0.1, 0.15) is 12.8 Å². The molecule has 3 nitrogen and oxygen atoms in total. The summed E-state index contributed by atoms with van der Waals surface area (Å²) in [7, 11) is -3.46. The number of rotatable bonds is 3. The Morgan fingerprint density at radius 3 is 2.82 bits per heavy atom. The second-order valence-corrected chi connectivity index (χ2v) is 6.66. The van der Waals surface area contributed by atoms with E-state index in [0.29, 0.717) is 17.4 Å². The van der Waals surface area contributed by atoms with Crippen molar-refractivity contribution in [1.82, 2.24) is 4.31 Å². The second-order valence-electron chi connectivity index (χ2n) is 4.02. The summed E-state index contributed by atoms with van der Waals surface area (Å²) >= 11 is 11.6. The summed E-state index contributed by atoms with van der Waals surface area (Å²) in [5.41, 5.74) is 0. The number of benzene rings is 1. The third-order valence-corrected chi connectivity index (χ3v) is 5.44. The topological polar surface area (TPSA) is 37.4 Å². The van der Waals surface area contributed by atoms with Gasteiger partial charge in [-0.15, -0.1) is 11.6 Å². The number of hydrogen-bond donors (Lipinski definition) is 0. The lowest BCUT2D eigenvalue weighted by Gasteiger charge is -2.22. The minimum absolute atomic E-state index is 0.0966. The molecule has 0 saturated carbocycles. The zero-order chi connectivity index (χ0) is 12.5. The molecule has 94 valence electrons. The average molecular weight is 294 g/mol. The minimum Gasteiger partial charge on any atom is -0.207 e. The summed E-state index contributed by atoms with van der Waals surface area (Å²) in [6, 6.07) is 6.23. The Bertz CT molecular complexity index is 504. The van der Waals surface area contributed by atoms with Crippen LogP contribution >= 0.6 is 23.2 Å². The van der Waals surface area contributed by atoms with Gasteiger partial charge >= 0.3 is 0 Å². The number of sulfonamides is 1. The molecular weight excluding hydrogens is 281 g/mol. The van der Waals surface area contributed by atoms with Crippen LogP contribution in [0.2, 0.25) is 5.02 Å². The predicted molar refractivity (Wildman–Crippen MR) is 69.1 cm³/mol. The lowest BCUT2D eigenvalue weighted by Crippen LogP contribution is -2.36. The Balaban J connectivity index is 2.36. The van der Waals surface area contributed by atoms with Crippen LogP contribution in [0, 0.1) is 0 Å². The van der Waals surface area contributed by atoms with Crippen LogP contribution in [0.3, 0.4) is 0 Å². The maximum atomic E-state index is 12.4. The summed E-state index contributed by atoms with van der Waals surface area (Å²) < 4.78 is 26.2. The van der Waals surface area contributed by atoms with Crippen molar-refractivity contribution in [3.8, 4) is 0 Å². The van der Waals surface area contributed by atoms with Gasteiger partial charge in [-0.2, -0.15) is 4.31 Å². The van der Waals surface area contributed by atoms with Crippen molar-refractivity contribution in [3.63, 3.8) is 0 Å². The van der Waals surface area contributed by atoms with Gasteiger partial charge in [-0.25, -0.2) is 8.42 Å². The van der Waals surface area contributed by atoms with Gasteiger partial charge in [0.15, 0.2) is 0 Å². The molecule has 0 bridgehead atoms. The maximum Gasteiger partial charge on any atom is 0.243 e. The van der Waals surface area contributed by atoms with E-state index in [0.717, 1.165) is 12.8 Å². The van der Waals surface area contributed by atoms with E-state index in [-0.39, 0.29) is 10.9 Å². The summed E-state index contributed by atoms with van der Waals surface area (Å²) in [4.78, 5) is 0.238. The van der Waals surface area contributed by atoms with Gasteiger partial charge in [0.05, 0.1) is 4.90 Å². The third-order valence-electron chi connectivity index (χ3n) is 2.90. The Labute approximate surface area is 111 Å². The molecule has 0 radical (unpaired) electrons. The summed E-state index contributed by atoms with van der Waals surface area (Å²) in [6.07, 6.45) is 1.68. The second kappa shape index (κ2) is 5.14. The molecule has 1 heterocycles. The molecule has 1 aliphatic heterocycles. The first-order chi connectivity index (χ1) is 8.05. The average Bonchev–Trinajstić information content (AvgIpc) is 2.77. The largest absolute Gasteiger partial charge is 0.243 e. The quantitative estimate of drug-likeness (QED) is 0.804. The number of halogens is 2. The molecule has 1 unspecified atom stereocenters. The molecule has 0 spiro atoms. The van der Waals surface area contributed by atoms with E-state index >= 15 is 0 Å². The van der Waals surface area contributed by atoms with Crippen molar-refractivity contribution in [1.29, 1.82) is 0 Å². The van der Waals surface area contributed by atoms with E-state index in [4.69, 9.17) is 23.2 Å². The molecule has 1 saturated heterocycles. The van der Waals surface area contributed by atoms with Gasteiger partial charge in [0.25, 0.3) is 0 Å². The minimum atomic E-state index is -3.46. The first-order valence-corrected chi connectivity index (χ1v) is 7.74. The first kappa shape index (κ1) is 13.1. The van der Waals surface area contributed by atoms with Crippen LogP contribution in [-0.4, -0.2) is 31.2 Å². The lowest BCUT2D eigenvalue weighted by molar-refractivity contribution is 0.411. The maximum absolute atomic E-state index is 12.4. The van der Waals surface area contributed by atoms with Crippen molar-refractivity contribution in [3.05, 3.63) is 29.3 Å². The monoisotopic (exact) mass is 293 g/mol. The van der Waals surface area contributed by atoms with Crippen molar-refractivity contribution < 1.29 is 8.42 Å². The molecule has 0 aliphatic carbocycles. The number of alkyl halides is 1. The molecule has 6 heteroatoms. The molecule has 17 heavy (non-hydrogen) atoms. The summed E-state index contributed by atoms with van der Waals surface area (Å²) in [5.74, 6) is 0.333. The van der Waals surface area contributed by atoms with Crippen LogP contribution in [0.4, 0.5) is 0 Å². The fourth-order valence-corrected chi connectivity index (χ4v) is 4.44. The van der Waals surface area contributed by atoms with Gasteiger partial charge in [0, 0.05) is 23.5 Å². The Kier molecular flexibility index (Phi) is 3.98. The van der Waals surface area contributed by atoms with Crippen LogP contribution in [0.15, 0.2) is 29.2 Å². The fraction of sp³-hybridized carbons (Fsp3) is 0.455.